The summed E-state index contributed by atoms with van der Waals surface area (Å²) in [6, 6.07) is 9.33. The number of rotatable bonds is 3. The van der Waals surface area contributed by atoms with E-state index in [0.717, 1.165) is 17.7 Å². The third-order valence-electron chi connectivity index (χ3n) is 2.86. The molecule has 2 aromatic carbocycles. The molecule has 2 rings (SSSR count). The van der Waals surface area contributed by atoms with Gasteiger partial charge in [0.1, 0.15) is 11.5 Å². The van der Waals surface area contributed by atoms with E-state index in [1.165, 1.54) is 24.1 Å². The molecular formula is C15H11F3N2. The Morgan fingerprint density at radius 3 is 2.10 bits per heavy atom. The van der Waals surface area contributed by atoms with E-state index in [9.17, 15) is 13.2 Å². The molecule has 102 valence electrons. The highest BCUT2D eigenvalue weighted by Gasteiger charge is 2.15. The number of nitrogens with zero attached hydrogens (tertiary/aromatic N) is 2. The van der Waals surface area contributed by atoms with Crippen molar-refractivity contribution in [2.75, 3.05) is 11.9 Å². The molecule has 0 bridgehead atoms. The molecule has 0 radical (unpaired) electrons. The van der Waals surface area contributed by atoms with E-state index in [1.807, 2.05) is 0 Å². The van der Waals surface area contributed by atoms with Crippen molar-refractivity contribution >= 4 is 5.69 Å². The van der Waals surface area contributed by atoms with Gasteiger partial charge in [-0.05, 0) is 29.8 Å². The van der Waals surface area contributed by atoms with Gasteiger partial charge in [0.25, 0.3) is 0 Å². The lowest BCUT2D eigenvalue weighted by Gasteiger charge is -2.20. The lowest BCUT2D eigenvalue weighted by Crippen LogP contribution is -2.19. The van der Waals surface area contributed by atoms with Crippen LogP contribution in [0.1, 0.15) is 11.1 Å². The minimum Gasteiger partial charge on any atom is -0.366 e. The van der Waals surface area contributed by atoms with Crippen LogP contribution < -0.4 is 4.90 Å². The van der Waals surface area contributed by atoms with Crippen LogP contribution in [-0.2, 0) is 6.54 Å². The minimum atomic E-state index is -0.800. The SMILES string of the molecule is CN(Cc1ccc(F)cc1)c1c(F)cc(C#N)cc1F. The summed E-state index contributed by atoms with van der Waals surface area (Å²) < 4.78 is 40.4. The maximum absolute atomic E-state index is 13.8. The number of benzene rings is 2. The van der Waals surface area contributed by atoms with Gasteiger partial charge in [0.15, 0.2) is 11.6 Å². The molecule has 0 unspecified atom stereocenters. The first kappa shape index (κ1) is 13.9. The molecule has 0 N–H and O–H groups in total. The average Bonchev–Trinajstić information content (AvgIpc) is 2.40. The fraction of sp³-hybridized carbons (Fsp3) is 0.133. The van der Waals surface area contributed by atoms with Crippen LogP contribution in [0.3, 0.4) is 0 Å². The smallest absolute Gasteiger partial charge is 0.150 e. The Bertz CT molecular complexity index is 637. The van der Waals surface area contributed by atoms with Crippen LogP contribution in [0.15, 0.2) is 36.4 Å². The van der Waals surface area contributed by atoms with E-state index < -0.39 is 11.6 Å². The first-order valence-electron chi connectivity index (χ1n) is 5.86. The fourth-order valence-electron chi connectivity index (χ4n) is 1.94. The minimum absolute atomic E-state index is 0.0704. The standard InChI is InChI=1S/C15H11F3N2/c1-20(9-10-2-4-12(16)5-3-10)15-13(17)6-11(8-19)7-14(15)18/h2-7H,9H2,1H3. The number of hydrogen-bond donors (Lipinski definition) is 0. The lowest BCUT2D eigenvalue weighted by atomic mass is 10.1. The molecular weight excluding hydrogens is 265 g/mol. The van der Waals surface area contributed by atoms with Crippen molar-refractivity contribution in [1.29, 1.82) is 5.26 Å². The Hall–Kier alpha value is -2.48. The normalized spacial score (nSPS) is 10.2. The average molecular weight is 276 g/mol. The molecule has 0 aliphatic heterocycles. The Kier molecular flexibility index (Phi) is 3.94. The molecule has 0 amide bonds. The summed E-state index contributed by atoms with van der Waals surface area (Å²) in [6.45, 7) is 0.222. The maximum atomic E-state index is 13.8. The number of anilines is 1. The molecule has 0 aromatic heterocycles. The largest absolute Gasteiger partial charge is 0.366 e. The van der Waals surface area contributed by atoms with Crippen molar-refractivity contribution in [2.24, 2.45) is 0 Å². The molecule has 2 aromatic rings. The van der Waals surface area contributed by atoms with Gasteiger partial charge in [0.2, 0.25) is 0 Å². The summed E-state index contributed by atoms with van der Waals surface area (Å²) in [5.41, 5.74) is 0.435. The van der Waals surface area contributed by atoms with E-state index >= 15 is 0 Å². The third kappa shape index (κ3) is 2.91. The topological polar surface area (TPSA) is 27.0 Å². The van der Waals surface area contributed by atoms with Crippen LogP contribution in [0, 0.1) is 28.8 Å². The van der Waals surface area contributed by atoms with Crippen molar-refractivity contribution < 1.29 is 13.2 Å². The van der Waals surface area contributed by atoms with E-state index in [4.69, 9.17) is 5.26 Å². The van der Waals surface area contributed by atoms with Crippen LogP contribution >= 0.6 is 0 Å². The van der Waals surface area contributed by atoms with Crippen molar-refractivity contribution in [3.63, 3.8) is 0 Å². The van der Waals surface area contributed by atoms with Gasteiger partial charge in [-0.2, -0.15) is 5.26 Å². The van der Waals surface area contributed by atoms with E-state index in [0.29, 0.717) is 0 Å². The Labute approximate surface area is 114 Å². The molecule has 0 aliphatic rings. The Balaban J connectivity index is 2.27. The molecule has 0 heterocycles. The molecule has 0 saturated carbocycles. The second-order valence-corrected chi connectivity index (χ2v) is 4.38. The van der Waals surface area contributed by atoms with Crippen LogP contribution in [0.2, 0.25) is 0 Å². The molecule has 5 heteroatoms. The molecule has 0 aliphatic carbocycles. The summed E-state index contributed by atoms with van der Waals surface area (Å²) in [6.07, 6.45) is 0. The molecule has 0 spiro atoms. The van der Waals surface area contributed by atoms with Gasteiger partial charge in [-0.3, -0.25) is 0 Å². The van der Waals surface area contributed by atoms with Gasteiger partial charge in [-0.25, -0.2) is 13.2 Å². The van der Waals surface area contributed by atoms with Gasteiger partial charge in [-0.15, -0.1) is 0 Å². The van der Waals surface area contributed by atoms with E-state index in [-0.39, 0.29) is 23.6 Å². The van der Waals surface area contributed by atoms with E-state index in [1.54, 1.807) is 18.2 Å². The van der Waals surface area contributed by atoms with Crippen LogP contribution in [0.25, 0.3) is 0 Å². The summed E-state index contributed by atoms with van der Waals surface area (Å²) in [7, 11) is 1.52. The zero-order valence-corrected chi connectivity index (χ0v) is 10.7. The predicted molar refractivity (Wildman–Crippen MR) is 69.6 cm³/mol. The first-order valence-corrected chi connectivity index (χ1v) is 5.86. The summed E-state index contributed by atoms with van der Waals surface area (Å²) >= 11 is 0. The predicted octanol–water partition coefficient (Wildman–Crippen LogP) is 3.61. The monoisotopic (exact) mass is 276 g/mol. The van der Waals surface area contributed by atoms with Crippen molar-refractivity contribution in [3.05, 3.63) is 65.0 Å². The zero-order valence-electron chi connectivity index (χ0n) is 10.7. The number of halogens is 3. The highest BCUT2D eigenvalue weighted by molar-refractivity contribution is 5.52. The van der Waals surface area contributed by atoms with Gasteiger partial charge in [-0.1, -0.05) is 12.1 Å². The van der Waals surface area contributed by atoms with Crippen molar-refractivity contribution in [1.82, 2.24) is 0 Å². The lowest BCUT2D eigenvalue weighted by molar-refractivity contribution is 0.575. The van der Waals surface area contributed by atoms with E-state index in [2.05, 4.69) is 0 Å². The van der Waals surface area contributed by atoms with Crippen LogP contribution in [0.4, 0.5) is 18.9 Å². The van der Waals surface area contributed by atoms with Gasteiger partial charge < -0.3 is 4.90 Å². The van der Waals surface area contributed by atoms with Gasteiger partial charge in [0.05, 0.1) is 11.6 Å². The Morgan fingerprint density at radius 1 is 1.05 bits per heavy atom. The zero-order chi connectivity index (χ0) is 14.7. The second kappa shape index (κ2) is 5.66. The van der Waals surface area contributed by atoms with Crippen molar-refractivity contribution in [2.45, 2.75) is 6.54 Å². The summed E-state index contributed by atoms with van der Waals surface area (Å²) in [4.78, 5) is 1.37. The van der Waals surface area contributed by atoms with Crippen molar-refractivity contribution in [3.8, 4) is 6.07 Å². The first-order chi connectivity index (χ1) is 9.51. The number of nitriles is 1. The number of hydrogen-bond acceptors (Lipinski definition) is 2. The fourth-order valence-corrected chi connectivity index (χ4v) is 1.94. The second-order valence-electron chi connectivity index (χ2n) is 4.38. The molecule has 0 atom stereocenters. The third-order valence-corrected chi connectivity index (χ3v) is 2.86. The van der Waals surface area contributed by atoms with Crippen LogP contribution in [-0.4, -0.2) is 7.05 Å². The molecule has 0 fully saturated rings. The highest BCUT2D eigenvalue weighted by atomic mass is 19.1. The Morgan fingerprint density at radius 2 is 1.60 bits per heavy atom. The quantitative estimate of drug-likeness (QED) is 0.856. The molecule has 0 saturated heterocycles. The van der Waals surface area contributed by atoms with Gasteiger partial charge >= 0.3 is 0 Å². The summed E-state index contributed by atoms with van der Waals surface area (Å²) in [5.74, 6) is -1.97. The summed E-state index contributed by atoms with van der Waals surface area (Å²) in [5, 5.41) is 8.64. The van der Waals surface area contributed by atoms with Crippen LogP contribution in [0.5, 0.6) is 0 Å². The maximum Gasteiger partial charge on any atom is 0.150 e. The molecule has 20 heavy (non-hydrogen) atoms. The highest BCUT2D eigenvalue weighted by Crippen LogP contribution is 2.25. The molecule has 2 nitrogen and oxygen atoms in total. The van der Waals surface area contributed by atoms with Gasteiger partial charge in [0, 0.05) is 13.6 Å².